The van der Waals surface area contributed by atoms with Gasteiger partial charge in [-0.05, 0) is 37.6 Å². The number of benzene rings is 1. The molecule has 0 radical (unpaired) electrons. The van der Waals surface area contributed by atoms with Gasteiger partial charge in [-0.25, -0.2) is 9.37 Å². The molecular formula is C12H12BrFN2. The van der Waals surface area contributed by atoms with E-state index in [1.165, 1.54) is 6.07 Å². The molecule has 2 aromatic rings. The molecule has 0 bridgehead atoms. The van der Waals surface area contributed by atoms with E-state index in [1.807, 2.05) is 26.0 Å². The SMILES string of the molecule is CCNc1nc2c(F)cc(Br)cc2cc1C. The third kappa shape index (κ3) is 2.02. The van der Waals surface area contributed by atoms with E-state index in [1.54, 1.807) is 0 Å². The van der Waals surface area contributed by atoms with Crippen LogP contribution < -0.4 is 5.32 Å². The second kappa shape index (κ2) is 4.37. The zero-order valence-electron chi connectivity index (χ0n) is 9.14. The largest absolute Gasteiger partial charge is 0.370 e. The highest BCUT2D eigenvalue weighted by Gasteiger charge is 2.07. The van der Waals surface area contributed by atoms with E-state index >= 15 is 0 Å². The summed E-state index contributed by atoms with van der Waals surface area (Å²) < 4.78 is 14.4. The third-order valence-electron chi connectivity index (χ3n) is 2.37. The number of nitrogens with one attached hydrogen (secondary N) is 1. The molecule has 2 rings (SSSR count). The van der Waals surface area contributed by atoms with Crippen LogP contribution in [0.1, 0.15) is 12.5 Å². The summed E-state index contributed by atoms with van der Waals surface area (Å²) in [7, 11) is 0. The van der Waals surface area contributed by atoms with E-state index in [-0.39, 0.29) is 5.82 Å². The second-order valence-electron chi connectivity index (χ2n) is 3.64. The average molecular weight is 283 g/mol. The predicted octanol–water partition coefficient (Wildman–Crippen LogP) is 3.88. The van der Waals surface area contributed by atoms with E-state index in [9.17, 15) is 4.39 Å². The first-order chi connectivity index (χ1) is 7.61. The quantitative estimate of drug-likeness (QED) is 0.904. The highest BCUT2D eigenvalue weighted by atomic mass is 79.9. The first kappa shape index (κ1) is 11.3. The van der Waals surface area contributed by atoms with Crippen LogP contribution in [0, 0.1) is 12.7 Å². The predicted molar refractivity (Wildman–Crippen MR) is 68.3 cm³/mol. The fourth-order valence-electron chi connectivity index (χ4n) is 1.66. The van der Waals surface area contributed by atoms with Crippen molar-refractivity contribution in [1.82, 2.24) is 4.98 Å². The molecule has 4 heteroatoms. The fourth-order valence-corrected chi connectivity index (χ4v) is 2.11. The summed E-state index contributed by atoms with van der Waals surface area (Å²) >= 11 is 3.27. The number of fused-ring (bicyclic) bond motifs is 1. The molecule has 0 aliphatic carbocycles. The van der Waals surface area contributed by atoms with Gasteiger partial charge in [0.15, 0.2) is 5.82 Å². The van der Waals surface area contributed by atoms with Gasteiger partial charge in [-0.1, -0.05) is 15.9 Å². The minimum Gasteiger partial charge on any atom is -0.370 e. The molecule has 0 saturated carbocycles. The van der Waals surface area contributed by atoms with Gasteiger partial charge < -0.3 is 5.32 Å². The van der Waals surface area contributed by atoms with Crippen molar-refractivity contribution < 1.29 is 4.39 Å². The minimum absolute atomic E-state index is 0.302. The Labute approximate surface area is 102 Å². The Kier molecular flexibility index (Phi) is 3.10. The number of pyridine rings is 1. The lowest BCUT2D eigenvalue weighted by molar-refractivity contribution is 0.636. The van der Waals surface area contributed by atoms with Crippen LogP contribution in [0.2, 0.25) is 0 Å². The number of halogens is 2. The first-order valence-electron chi connectivity index (χ1n) is 5.12. The molecule has 0 aliphatic heterocycles. The summed E-state index contributed by atoms with van der Waals surface area (Å²) in [4.78, 5) is 4.30. The van der Waals surface area contributed by atoms with Crippen molar-refractivity contribution in [2.24, 2.45) is 0 Å². The number of aryl methyl sites for hydroxylation is 1. The second-order valence-corrected chi connectivity index (χ2v) is 4.56. The molecule has 1 heterocycles. The lowest BCUT2D eigenvalue weighted by Gasteiger charge is -2.09. The number of hydrogen-bond acceptors (Lipinski definition) is 2. The zero-order valence-corrected chi connectivity index (χ0v) is 10.7. The van der Waals surface area contributed by atoms with E-state index in [0.29, 0.717) is 5.52 Å². The van der Waals surface area contributed by atoms with Crippen molar-refractivity contribution in [3.8, 4) is 0 Å². The van der Waals surface area contributed by atoms with Crippen LogP contribution in [-0.4, -0.2) is 11.5 Å². The van der Waals surface area contributed by atoms with Crippen LogP contribution in [-0.2, 0) is 0 Å². The number of hydrogen-bond donors (Lipinski definition) is 1. The van der Waals surface area contributed by atoms with Crippen LogP contribution in [0.4, 0.5) is 10.2 Å². The smallest absolute Gasteiger partial charge is 0.150 e. The Morgan fingerprint density at radius 2 is 2.12 bits per heavy atom. The van der Waals surface area contributed by atoms with Crippen LogP contribution in [0.5, 0.6) is 0 Å². The van der Waals surface area contributed by atoms with Gasteiger partial charge in [-0.15, -0.1) is 0 Å². The maximum Gasteiger partial charge on any atom is 0.150 e. The molecule has 1 aromatic heterocycles. The molecule has 84 valence electrons. The van der Waals surface area contributed by atoms with Gasteiger partial charge in [-0.3, -0.25) is 0 Å². The fraction of sp³-hybridized carbons (Fsp3) is 0.250. The lowest BCUT2D eigenvalue weighted by atomic mass is 10.1. The van der Waals surface area contributed by atoms with Gasteiger partial charge in [0.1, 0.15) is 11.3 Å². The summed E-state index contributed by atoms with van der Waals surface area (Å²) in [6.45, 7) is 4.73. The normalized spacial score (nSPS) is 10.8. The van der Waals surface area contributed by atoms with Gasteiger partial charge in [-0.2, -0.15) is 0 Å². The molecule has 1 N–H and O–H groups in total. The molecule has 16 heavy (non-hydrogen) atoms. The summed E-state index contributed by atoms with van der Waals surface area (Å²) in [6, 6.07) is 5.24. The van der Waals surface area contributed by atoms with Crippen LogP contribution >= 0.6 is 15.9 Å². The summed E-state index contributed by atoms with van der Waals surface area (Å²) in [5.41, 5.74) is 1.43. The van der Waals surface area contributed by atoms with Crippen molar-refractivity contribution >= 4 is 32.7 Å². The molecule has 0 amide bonds. The van der Waals surface area contributed by atoms with Crippen LogP contribution in [0.25, 0.3) is 10.9 Å². The Morgan fingerprint density at radius 1 is 1.38 bits per heavy atom. The molecule has 2 nitrogen and oxygen atoms in total. The summed E-state index contributed by atoms with van der Waals surface area (Å²) in [5.74, 6) is 0.444. The van der Waals surface area contributed by atoms with Crippen molar-refractivity contribution in [2.45, 2.75) is 13.8 Å². The Hall–Kier alpha value is -1.16. The maximum atomic E-state index is 13.7. The summed E-state index contributed by atoms with van der Waals surface area (Å²) in [5, 5.41) is 3.93. The molecule has 0 spiro atoms. The van der Waals surface area contributed by atoms with Gasteiger partial charge in [0.05, 0.1) is 0 Å². The summed E-state index contributed by atoms with van der Waals surface area (Å²) in [6.07, 6.45) is 0. The Bertz CT molecular complexity index is 540. The van der Waals surface area contributed by atoms with Crippen molar-refractivity contribution in [2.75, 3.05) is 11.9 Å². The van der Waals surface area contributed by atoms with Crippen molar-refractivity contribution in [1.29, 1.82) is 0 Å². The molecule has 0 saturated heterocycles. The highest BCUT2D eigenvalue weighted by Crippen LogP contribution is 2.25. The molecule has 0 atom stereocenters. The maximum absolute atomic E-state index is 13.7. The highest BCUT2D eigenvalue weighted by molar-refractivity contribution is 9.10. The van der Waals surface area contributed by atoms with Gasteiger partial charge in [0, 0.05) is 16.4 Å². The molecule has 1 aromatic carbocycles. The molecular weight excluding hydrogens is 271 g/mol. The number of rotatable bonds is 2. The minimum atomic E-state index is -0.302. The zero-order chi connectivity index (χ0) is 11.7. The van der Waals surface area contributed by atoms with E-state index in [2.05, 4.69) is 26.2 Å². The third-order valence-corrected chi connectivity index (χ3v) is 2.83. The average Bonchev–Trinajstić information content (AvgIpc) is 2.20. The van der Waals surface area contributed by atoms with E-state index in [0.717, 1.165) is 27.8 Å². The van der Waals surface area contributed by atoms with E-state index in [4.69, 9.17) is 0 Å². The number of anilines is 1. The Morgan fingerprint density at radius 3 is 2.81 bits per heavy atom. The van der Waals surface area contributed by atoms with Crippen LogP contribution in [0.3, 0.4) is 0 Å². The van der Waals surface area contributed by atoms with Gasteiger partial charge in [0.2, 0.25) is 0 Å². The monoisotopic (exact) mass is 282 g/mol. The van der Waals surface area contributed by atoms with Crippen molar-refractivity contribution in [3.63, 3.8) is 0 Å². The topological polar surface area (TPSA) is 24.9 Å². The van der Waals surface area contributed by atoms with Crippen LogP contribution in [0.15, 0.2) is 22.7 Å². The number of aromatic nitrogens is 1. The van der Waals surface area contributed by atoms with E-state index < -0.39 is 0 Å². The lowest BCUT2D eigenvalue weighted by Crippen LogP contribution is -2.02. The van der Waals surface area contributed by atoms with Gasteiger partial charge >= 0.3 is 0 Å². The molecule has 0 unspecified atom stereocenters. The Balaban J connectivity index is 2.69. The first-order valence-corrected chi connectivity index (χ1v) is 5.91. The molecule has 0 aliphatic rings. The molecule has 0 fully saturated rings. The number of nitrogens with zero attached hydrogens (tertiary/aromatic N) is 1. The van der Waals surface area contributed by atoms with Gasteiger partial charge in [0.25, 0.3) is 0 Å². The standard InChI is InChI=1S/C12H12BrFN2/c1-3-15-12-7(2)4-8-5-9(13)6-10(14)11(8)16-12/h4-6H,3H2,1-2H3,(H,15,16). The van der Waals surface area contributed by atoms with Crippen molar-refractivity contribution in [3.05, 3.63) is 34.1 Å².